The first-order valence-electron chi connectivity index (χ1n) is 7.84. The van der Waals surface area contributed by atoms with E-state index in [2.05, 4.69) is 26.6 Å². The standard InChI is InChI=1S/C17H17N5O2/c1-10-19-17(24-21-10)12-3-5-13-11(9-12)4-6-14(13)20-16(23)15-7-8-18-22(15)2/h3,5,7-9,14H,4,6H2,1-2H3,(H,20,23)/t14-/m1/s1. The zero-order valence-electron chi connectivity index (χ0n) is 13.5. The highest BCUT2D eigenvalue weighted by Crippen LogP contribution is 2.34. The van der Waals surface area contributed by atoms with Crippen molar-refractivity contribution < 1.29 is 9.32 Å². The van der Waals surface area contributed by atoms with Crippen molar-refractivity contribution in [3.63, 3.8) is 0 Å². The predicted molar refractivity (Wildman–Crippen MR) is 86.2 cm³/mol. The molecule has 1 atom stereocenters. The lowest BCUT2D eigenvalue weighted by Crippen LogP contribution is -2.28. The summed E-state index contributed by atoms with van der Waals surface area (Å²) in [6.07, 6.45) is 3.41. The Kier molecular flexibility index (Phi) is 3.41. The van der Waals surface area contributed by atoms with Gasteiger partial charge in [0.15, 0.2) is 5.82 Å². The number of rotatable bonds is 3. The van der Waals surface area contributed by atoms with Crippen LogP contribution in [0.2, 0.25) is 0 Å². The Morgan fingerprint density at radius 1 is 1.38 bits per heavy atom. The molecule has 1 aliphatic carbocycles. The van der Waals surface area contributed by atoms with Crippen LogP contribution in [0.5, 0.6) is 0 Å². The number of aryl methyl sites for hydroxylation is 3. The van der Waals surface area contributed by atoms with E-state index in [1.165, 1.54) is 5.56 Å². The number of carbonyl (C=O) groups is 1. The van der Waals surface area contributed by atoms with E-state index in [-0.39, 0.29) is 11.9 Å². The summed E-state index contributed by atoms with van der Waals surface area (Å²) in [6.45, 7) is 1.80. The molecule has 0 saturated carbocycles. The number of benzene rings is 1. The summed E-state index contributed by atoms with van der Waals surface area (Å²) in [6, 6.07) is 7.79. The van der Waals surface area contributed by atoms with Gasteiger partial charge >= 0.3 is 0 Å². The Balaban J connectivity index is 1.56. The highest BCUT2D eigenvalue weighted by molar-refractivity contribution is 5.92. The summed E-state index contributed by atoms with van der Waals surface area (Å²) in [4.78, 5) is 16.6. The fraction of sp³-hybridized carbons (Fsp3) is 0.294. The van der Waals surface area contributed by atoms with Gasteiger partial charge in [-0.15, -0.1) is 0 Å². The minimum Gasteiger partial charge on any atom is -0.344 e. The van der Waals surface area contributed by atoms with Crippen molar-refractivity contribution in [2.45, 2.75) is 25.8 Å². The van der Waals surface area contributed by atoms with Crippen molar-refractivity contribution >= 4 is 5.91 Å². The second kappa shape index (κ2) is 5.59. The fourth-order valence-corrected chi connectivity index (χ4v) is 3.14. The van der Waals surface area contributed by atoms with Crippen molar-refractivity contribution in [3.05, 3.63) is 53.1 Å². The van der Waals surface area contributed by atoms with Crippen LogP contribution in [0, 0.1) is 6.92 Å². The summed E-state index contributed by atoms with van der Waals surface area (Å²) in [5.41, 5.74) is 3.82. The third-order valence-electron chi connectivity index (χ3n) is 4.35. The minimum atomic E-state index is -0.107. The molecular formula is C17H17N5O2. The molecule has 0 aliphatic heterocycles. The van der Waals surface area contributed by atoms with Gasteiger partial charge in [0.25, 0.3) is 11.8 Å². The molecule has 7 heteroatoms. The second-order valence-electron chi connectivity index (χ2n) is 5.97. The zero-order valence-corrected chi connectivity index (χ0v) is 13.5. The fourth-order valence-electron chi connectivity index (χ4n) is 3.14. The topological polar surface area (TPSA) is 85.8 Å². The number of hydrogen-bond acceptors (Lipinski definition) is 5. The Morgan fingerprint density at radius 2 is 2.25 bits per heavy atom. The third kappa shape index (κ3) is 2.47. The van der Waals surface area contributed by atoms with E-state index in [1.54, 1.807) is 30.9 Å². The molecule has 122 valence electrons. The molecule has 1 aromatic carbocycles. The van der Waals surface area contributed by atoms with Crippen LogP contribution in [0.3, 0.4) is 0 Å². The van der Waals surface area contributed by atoms with Crippen molar-refractivity contribution in [1.82, 2.24) is 25.2 Å². The number of amides is 1. The van der Waals surface area contributed by atoms with Gasteiger partial charge in [-0.3, -0.25) is 9.48 Å². The van der Waals surface area contributed by atoms with Gasteiger partial charge in [0, 0.05) is 18.8 Å². The summed E-state index contributed by atoms with van der Waals surface area (Å²) >= 11 is 0. The Hall–Kier alpha value is -2.96. The molecule has 7 nitrogen and oxygen atoms in total. The van der Waals surface area contributed by atoms with Crippen molar-refractivity contribution in [1.29, 1.82) is 0 Å². The van der Waals surface area contributed by atoms with E-state index in [4.69, 9.17) is 4.52 Å². The van der Waals surface area contributed by atoms with Gasteiger partial charge in [-0.1, -0.05) is 11.2 Å². The van der Waals surface area contributed by atoms with Crippen LogP contribution in [-0.4, -0.2) is 25.8 Å². The molecule has 0 unspecified atom stereocenters. The summed E-state index contributed by atoms with van der Waals surface area (Å²) in [7, 11) is 1.76. The van der Waals surface area contributed by atoms with E-state index in [1.807, 2.05) is 12.1 Å². The Morgan fingerprint density at radius 3 is 2.96 bits per heavy atom. The van der Waals surface area contributed by atoms with E-state index in [0.29, 0.717) is 17.4 Å². The van der Waals surface area contributed by atoms with E-state index < -0.39 is 0 Å². The smallest absolute Gasteiger partial charge is 0.270 e. The first-order valence-corrected chi connectivity index (χ1v) is 7.84. The molecule has 0 radical (unpaired) electrons. The van der Waals surface area contributed by atoms with Gasteiger partial charge in [0.05, 0.1) is 6.04 Å². The number of carbonyl (C=O) groups excluding carboxylic acids is 1. The van der Waals surface area contributed by atoms with Crippen LogP contribution in [0.15, 0.2) is 35.0 Å². The van der Waals surface area contributed by atoms with Crippen LogP contribution in [0.1, 0.15) is 39.9 Å². The van der Waals surface area contributed by atoms with Crippen LogP contribution in [-0.2, 0) is 13.5 Å². The molecule has 0 fully saturated rings. The molecule has 3 aromatic rings. The number of nitrogens with one attached hydrogen (secondary N) is 1. The van der Waals surface area contributed by atoms with Gasteiger partial charge in [-0.2, -0.15) is 10.1 Å². The van der Waals surface area contributed by atoms with Crippen molar-refractivity contribution in [2.75, 3.05) is 0 Å². The maximum absolute atomic E-state index is 12.4. The summed E-state index contributed by atoms with van der Waals surface area (Å²) < 4.78 is 6.80. The van der Waals surface area contributed by atoms with Gasteiger partial charge in [-0.05, 0) is 49.1 Å². The number of aromatic nitrogens is 4. The molecule has 1 N–H and O–H groups in total. The molecule has 2 aromatic heterocycles. The Bertz CT molecular complexity index is 911. The van der Waals surface area contributed by atoms with Gasteiger partial charge in [-0.25, -0.2) is 0 Å². The molecule has 2 heterocycles. The normalized spacial score (nSPS) is 16.2. The lowest BCUT2D eigenvalue weighted by Gasteiger charge is -2.14. The highest BCUT2D eigenvalue weighted by Gasteiger charge is 2.26. The van der Waals surface area contributed by atoms with E-state index in [0.717, 1.165) is 24.0 Å². The summed E-state index contributed by atoms with van der Waals surface area (Å²) in [5, 5.41) is 11.0. The maximum atomic E-state index is 12.4. The molecule has 0 saturated heterocycles. The SMILES string of the molecule is Cc1noc(-c2ccc3c(c2)CC[C@H]3NC(=O)c2ccnn2C)n1. The second-order valence-corrected chi connectivity index (χ2v) is 5.97. The lowest BCUT2D eigenvalue weighted by atomic mass is 10.0. The van der Waals surface area contributed by atoms with Crippen LogP contribution >= 0.6 is 0 Å². The molecular weight excluding hydrogens is 306 g/mol. The molecule has 0 spiro atoms. The molecule has 24 heavy (non-hydrogen) atoms. The average molecular weight is 323 g/mol. The predicted octanol–water partition coefficient (Wildman–Crippen LogP) is 2.20. The zero-order chi connectivity index (χ0) is 16.7. The number of hydrogen-bond donors (Lipinski definition) is 1. The monoisotopic (exact) mass is 323 g/mol. The Labute approximate surface area is 138 Å². The first kappa shape index (κ1) is 14.6. The molecule has 1 amide bonds. The molecule has 0 bridgehead atoms. The molecule has 1 aliphatic rings. The quantitative estimate of drug-likeness (QED) is 0.798. The van der Waals surface area contributed by atoms with Crippen molar-refractivity contribution in [3.8, 4) is 11.5 Å². The average Bonchev–Trinajstić information content (AvgIpc) is 3.27. The van der Waals surface area contributed by atoms with Crippen LogP contribution in [0.25, 0.3) is 11.5 Å². The lowest BCUT2D eigenvalue weighted by molar-refractivity contribution is 0.0927. The van der Waals surface area contributed by atoms with Gasteiger partial charge in [0.1, 0.15) is 5.69 Å². The van der Waals surface area contributed by atoms with E-state index >= 15 is 0 Å². The largest absolute Gasteiger partial charge is 0.344 e. The third-order valence-corrected chi connectivity index (χ3v) is 4.35. The number of fused-ring (bicyclic) bond motifs is 1. The van der Waals surface area contributed by atoms with E-state index in [9.17, 15) is 4.79 Å². The van der Waals surface area contributed by atoms with Crippen LogP contribution < -0.4 is 5.32 Å². The summed E-state index contributed by atoms with van der Waals surface area (Å²) in [5.74, 6) is 1.04. The van der Waals surface area contributed by atoms with Crippen molar-refractivity contribution in [2.24, 2.45) is 7.05 Å². The highest BCUT2D eigenvalue weighted by atomic mass is 16.5. The van der Waals surface area contributed by atoms with Gasteiger partial charge in [0.2, 0.25) is 0 Å². The van der Waals surface area contributed by atoms with Gasteiger partial charge < -0.3 is 9.84 Å². The molecule has 4 rings (SSSR count). The minimum absolute atomic E-state index is 0.0147. The number of nitrogens with zero attached hydrogens (tertiary/aromatic N) is 4. The first-order chi connectivity index (χ1) is 11.6. The maximum Gasteiger partial charge on any atom is 0.270 e. The van der Waals surface area contributed by atoms with Crippen LogP contribution in [0.4, 0.5) is 0 Å².